The van der Waals surface area contributed by atoms with Gasteiger partial charge in [-0.15, -0.1) is 0 Å². The lowest BCUT2D eigenvalue weighted by molar-refractivity contribution is -0.0357. The molecule has 0 bridgehead atoms. The third-order valence-corrected chi connectivity index (χ3v) is 3.67. The van der Waals surface area contributed by atoms with Gasteiger partial charge in [0.05, 0.1) is 5.60 Å². The van der Waals surface area contributed by atoms with Crippen LogP contribution in [0.5, 0.6) is 0 Å². The number of nitrogens with one attached hydrogen (secondary N) is 1. The van der Waals surface area contributed by atoms with Gasteiger partial charge < -0.3 is 10.1 Å². The monoisotopic (exact) mass is 256 g/mol. The molecule has 0 radical (unpaired) electrons. The first-order chi connectivity index (χ1) is 8.24. The minimum Gasteiger partial charge on any atom is -0.375 e. The molecule has 0 aromatic carbocycles. The van der Waals surface area contributed by atoms with Gasteiger partial charge in [0.1, 0.15) is 0 Å². The Labute approximate surface area is 113 Å². The number of hydrogen-bond acceptors (Lipinski definition) is 3. The summed E-state index contributed by atoms with van der Waals surface area (Å²) in [6.07, 6.45) is 1.23. The fourth-order valence-electron chi connectivity index (χ4n) is 2.69. The number of ether oxygens (including phenoxy) is 1. The van der Waals surface area contributed by atoms with E-state index in [1.54, 1.807) is 0 Å². The number of nitrogens with zero attached hydrogens (tertiary/aromatic N) is 1. The summed E-state index contributed by atoms with van der Waals surface area (Å²) in [5, 5.41) is 3.69. The van der Waals surface area contributed by atoms with Gasteiger partial charge in [0.25, 0.3) is 0 Å². The molecular weight excluding hydrogens is 224 g/mol. The maximum absolute atomic E-state index is 5.83. The van der Waals surface area contributed by atoms with Crippen molar-refractivity contribution in [1.82, 2.24) is 10.2 Å². The molecule has 1 fully saturated rings. The van der Waals surface area contributed by atoms with Gasteiger partial charge in [-0.05, 0) is 45.7 Å². The Morgan fingerprint density at radius 2 is 1.89 bits per heavy atom. The van der Waals surface area contributed by atoms with Gasteiger partial charge in [0.2, 0.25) is 0 Å². The first kappa shape index (κ1) is 15.9. The topological polar surface area (TPSA) is 24.5 Å². The van der Waals surface area contributed by atoms with E-state index in [9.17, 15) is 0 Å². The Morgan fingerprint density at radius 1 is 1.22 bits per heavy atom. The van der Waals surface area contributed by atoms with Crippen molar-refractivity contribution in [3.8, 4) is 0 Å². The molecule has 3 nitrogen and oxygen atoms in total. The van der Waals surface area contributed by atoms with Gasteiger partial charge >= 0.3 is 0 Å². The second-order valence-corrected chi connectivity index (χ2v) is 7.15. The zero-order valence-electron chi connectivity index (χ0n) is 13.2. The van der Waals surface area contributed by atoms with E-state index in [-0.39, 0.29) is 5.60 Å². The molecule has 1 aliphatic heterocycles. The van der Waals surface area contributed by atoms with Crippen molar-refractivity contribution in [1.29, 1.82) is 0 Å². The van der Waals surface area contributed by atoms with Crippen molar-refractivity contribution in [3.63, 3.8) is 0 Å². The second kappa shape index (κ2) is 6.36. The lowest BCUT2D eigenvalue weighted by atomic mass is 9.86. The van der Waals surface area contributed by atoms with Crippen LogP contribution in [-0.2, 0) is 4.74 Å². The van der Waals surface area contributed by atoms with E-state index >= 15 is 0 Å². The van der Waals surface area contributed by atoms with Gasteiger partial charge in [-0.2, -0.15) is 0 Å². The normalized spacial score (nSPS) is 24.0. The van der Waals surface area contributed by atoms with Crippen LogP contribution in [0.3, 0.4) is 0 Å². The lowest BCUT2D eigenvalue weighted by Crippen LogP contribution is -2.49. The van der Waals surface area contributed by atoms with Gasteiger partial charge in [-0.25, -0.2) is 0 Å². The fourth-order valence-corrected chi connectivity index (χ4v) is 2.69. The van der Waals surface area contributed by atoms with Gasteiger partial charge in [-0.3, -0.25) is 4.90 Å². The first-order valence-electron chi connectivity index (χ1n) is 7.34. The Balaban J connectivity index is 2.59. The van der Waals surface area contributed by atoms with Crippen molar-refractivity contribution in [2.24, 2.45) is 5.41 Å². The van der Waals surface area contributed by atoms with Crippen molar-refractivity contribution in [3.05, 3.63) is 0 Å². The van der Waals surface area contributed by atoms with E-state index in [1.165, 1.54) is 13.0 Å². The zero-order chi connectivity index (χ0) is 13.8. The van der Waals surface area contributed by atoms with Crippen LogP contribution in [0, 0.1) is 5.41 Å². The average Bonchev–Trinajstić information content (AvgIpc) is 2.41. The number of rotatable bonds is 4. The largest absolute Gasteiger partial charge is 0.375 e. The van der Waals surface area contributed by atoms with Crippen LogP contribution in [-0.4, -0.2) is 49.3 Å². The lowest BCUT2D eigenvalue weighted by Gasteiger charge is -2.37. The summed E-state index contributed by atoms with van der Waals surface area (Å²) in [6, 6.07) is 0.567. The Hall–Kier alpha value is -0.120. The van der Waals surface area contributed by atoms with Crippen LogP contribution in [0.4, 0.5) is 0 Å². The Morgan fingerprint density at radius 3 is 2.44 bits per heavy atom. The molecule has 0 aliphatic carbocycles. The summed E-state index contributed by atoms with van der Waals surface area (Å²) in [5.41, 5.74) is 0.278. The molecule has 1 N–H and O–H groups in total. The van der Waals surface area contributed by atoms with E-state index in [0.29, 0.717) is 11.5 Å². The molecule has 1 atom stereocenters. The molecule has 1 heterocycles. The van der Waals surface area contributed by atoms with Crippen LogP contribution in [0.2, 0.25) is 0 Å². The minimum absolute atomic E-state index is 0.0402. The average molecular weight is 256 g/mol. The minimum atomic E-state index is -0.0402. The Bertz CT molecular complexity index is 245. The SMILES string of the molecule is CCOC(C)(C)CN1CCCNC(C(C)(C)C)C1. The van der Waals surface area contributed by atoms with Crippen LogP contribution < -0.4 is 5.32 Å². The molecule has 3 heteroatoms. The maximum atomic E-state index is 5.83. The molecule has 1 aliphatic rings. The molecule has 18 heavy (non-hydrogen) atoms. The van der Waals surface area contributed by atoms with E-state index in [1.807, 2.05) is 0 Å². The molecule has 1 unspecified atom stereocenters. The predicted octanol–water partition coefficient (Wildman–Crippen LogP) is 2.51. The van der Waals surface area contributed by atoms with Crippen molar-refractivity contribution in [2.45, 2.75) is 59.6 Å². The predicted molar refractivity (Wildman–Crippen MR) is 78.0 cm³/mol. The molecule has 0 saturated carbocycles. The van der Waals surface area contributed by atoms with Crippen LogP contribution in [0.1, 0.15) is 48.0 Å². The summed E-state index contributed by atoms with van der Waals surface area (Å²) in [5.74, 6) is 0. The van der Waals surface area contributed by atoms with Crippen LogP contribution >= 0.6 is 0 Å². The second-order valence-electron chi connectivity index (χ2n) is 7.15. The van der Waals surface area contributed by atoms with E-state index < -0.39 is 0 Å². The highest BCUT2D eigenvalue weighted by Gasteiger charge is 2.30. The highest BCUT2D eigenvalue weighted by Crippen LogP contribution is 2.23. The van der Waals surface area contributed by atoms with Crippen LogP contribution in [0.15, 0.2) is 0 Å². The van der Waals surface area contributed by atoms with Gasteiger partial charge in [0, 0.05) is 25.7 Å². The van der Waals surface area contributed by atoms with Crippen molar-refractivity contribution < 1.29 is 4.74 Å². The van der Waals surface area contributed by atoms with E-state index in [2.05, 4.69) is 51.8 Å². The standard InChI is InChI=1S/C15H32N2O/c1-7-18-15(5,6)12-17-10-8-9-16-13(11-17)14(2,3)4/h13,16H,7-12H2,1-6H3. The highest BCUT2D eigenvalue weighted by molar-refractivity contribution is 4.87. The molecule has 0 spiro atoms. The summed E-state index contributed by atoms with van der Waals surface area (Å²) in [4.78, 5) is 2.56. The van der Waals surface area contributed by atoms with Gasteiger partial charge in [0.15, 0.2) is 0 Å². The molecule has 0 aromatic heterocycles. The Kier molecular flexibility index (Phi) is 5.63. The molecule has 108 valence electrons. The summed E-state index contributed by atoms with van der Waals surface area (Å²) in [6.45, 7) is 18.7. The highest BCUT2D eigenvalue weighted by atomic mass is 16.5. The first-order valence-corrected chi connectivity index (χ1v) is 7.34. The molecular formula is C15H32N2O. The molecule has 0 amide bonds. The molecule has 1 rings (SSSR count). The van der Waals surface area contributed by atoms with Crippen molar-refractivity contribution in [2.75, 3.05) is 32.8 Å². The quantitative estimate of drug-likeness (QED) is 0.836. The summed E-state index contributed by atoms with van der Waals surface area (Å²) >= 11 is 0. The third-order valence-electron chi connectivity index (χ3n) is 3.67. The van der Waals surface area contributed by atoms with Crippen LogP contribution in [0.25, 0.3) is 0 Å². The zero-order valence-corrected chi connectivity index (χ0v) is 13.2. The summed E-state index contributed by atoms with van der Waals surface area (Å²) in [7, 11) is 0. The van der Waals surface area contributed by atoms with E-state index in [0.717, 1.165) is 26.2 Å². The molecule has 1 saturated heterocycles. The molecule has 0 aromatic rings. The van der Waals surface area contributed by atoms with E-state index in [4.69, 9.17) is 4.74 Å². The van der Waals surface area contributed by atoms with Crippen molar-refractivity contribution >= 4 is 0 Å². The third kappa shape index (κ3) is 5.25. The number of hydrogen-bond donors (Lipinski definition) is 1. The maximum Gasteiger partial charge on any atom is 0.0752 e. The fraction of sp³-hybridized carbons (Fsp3) is 1.00. The van der Waals surface area contributed by atoms with Gasteiger partial charge in [-0.1, -0.05) is 20.8 Å². The smallest absolute Gasteiger partial charge is 0.0752 e. The summed E-state index contributed by atoms with van der Waals surface area (Å²) < 4.78 is 5.83.